The molecule has 25 heavy (non-hydrogen) atoms. The molecule has 8 heteroatoms. The first kappa shape index (κ1) is 18.4. The molecule has 1 aromatic heterocycles. The second kappa shape index (κ2) is 9.41. The lowest BCUT2D eigenvalue weighted by molar-refractivity contribution is -0.137. The third kappa shape index (κ3) is 6.25. The first-order valence-electron chi connectivity index (χ1n) is 8.04. The molecule has 0 aliphatic heterocycles. The number of benzene rings is 1. The first-order valence-corrected chi connectivity index (χ1v) is 8.04. The molecule has 8 nitrogen and oxygen atoms in total. The normalized spacial score (nSPS) is 10.4. The van der Waals surface area contributed by atoms with Gasteiger partial charge < -0.3 is 19.7 Å². The molecule has 134 valence electrons. The second-order valence-electron chi connectivity index (χ2n) is 5.44. The maximum Gasteiger partial charge on any atom is 0.303 e. The van der Waals surface area contributed by atoms with Crippen LogP contribution in [0.15, 0.2) is 28.8 Å². The fraction of sp³-hybridized carbons (Fsp3) is 0.412. The fourth-order valence-electron chi connectivity index (χ4n) is 2.17. The van der Waals surface area contributed by atoms with Gasteiger partial charge in [-0.25, -0.2) is 0 Å². The van der Waals surface area contributed by atoms with Gasteiger partial charge in [0.05, 0.1) is 7.11 Å². The predicted octanol–water partition coefficient (Wildman–Crippen LogP) is 2.05. The van der Waals surface area contributed by atoms with E-state index >= 15 is 0 Å². The highest BCUT2D eigenvalue weighted by molar-refractivity contribution is 5.75. The number of aromatic nitrogens is 2. The van der Waals surface area contributed by atoms with Gasteiger partial charge in [-0.05, 0) is 37.1 Å². The molecule has 1 aromatic carbocycles. The number of carboxylic acids is 1. The van der Waals surface area contributed by atoms with Gasteiger partial charge in [0.1, 0.15) is 5.75 Å². The predicted molar refractivity (Wildman–Crippen MR) is 89.1 cm³/mol. The Morgan fingerprint density at radius 2 is 1.96 bits per heavy atom. The van der Waals surface area contributed by atoms with Crippen molar-refractivity contribution in [2.75, 3.05) is 13.7 Å². The molecular formula is C17H21N3O5. The van der Waals surface area contributed by atoms with Gasteiger partial charge in [0, 0.05) is 31.4 Å². The van der Waals surface area contributed by atoms with Crippen molar-refractivity contribution in [2.45, 2.75) is 32.1 Å². The Morgan fingerprint density at radius 3 is 2.64 bits per heavy atom. The maximum absolute atomic E-state index is 11.6. The fourth-order valence-corrected chi connectivity index (χ4v) is 2.17. The Hall–Kier alpha value is -2.90. The molecule has 0 aliphatic carbocycles. The Morgan fingerprint density at radius 1 is 1.20 bits per heavy atom. The van der Waals surface area contributed by atoms with Gasteiger partial charge in [0.2, 0.25) is 17.6 Å². The number of aliphatic carboxylic acids is 1. The van der Waals surface area contributed by atoms with Gasteiger partial charge in [-0.1, -0.05) is 5.16 Å². The molecule has 0 spiro atoms. The quantitative estimate of drug-likeness (QED) is 0.632. The number of carboxylic acid groups (broad SMARTS) is 1. The van der Waals surface area contributed by atoms with Crippen molar-refractivity contribution >= 4 is 11.9 Å². The van der Waals surface area contributed by atoms with Crippen molar-refractivity contribution < 1.29 is 24.0 Å². The highest BCUT2D eigenvalue weighted by Gasteiger charge is 2.10. The highest BCUT2D eigenvalue weighted by atomic mass is 16.5. The van der Waals surface area contributed by atoms with E-state index < -0.39 is 5.97 Å². The Labute approximate surface area is 145 Å². The Bertz CT molecular complexity index is 697. The topological polar surface area (TPSA) is 115 Å². The van der Waals surface area contributed by atoms with E-state index in [1.54, 1.807) is 7.11 Å². The molecule has 2 aromatic rings. The number of ether oxygens (including phenoxy) is 1. The van der Waals surface area contributed by atoms with Crippen LogP contribution in [0.25, 0.3) is 11.4 Å². The molecule has 0 atom stereocenters. The third-order valence-corrected chi connectivity index (χ3v) is 3.50. The average molecular weight is 347 g/mol. The van der Waals surface area contributed by atoms with E-state index in [9.17, 15) is 9.59 Å². The number of nitrogens with zero attached hydrogens (tertiary/aromatic N) is 2. The number of amides is 1. The summed E-state index contributed by atoms with van der Waals surface area (Å²) in [4.78, 5) is 26.3. The van der Waals surface area contributed by atoms with Crippen LogP contribution in [0.1, 0.15) is 31.6 Å². The van der Waals surface area contributed by atoms with Crippen LogP contribution in [0, 0.1) is 0 Å². The van der Waals surface area contributed by atoms with Crippen LogP contribution in [-0.4, -0.2) is 40.8 Å². The number of nitrogens with one attached hydrogen (secondary N) is 1. The molecule has 1 heterocycles. The van der Waals surface area contributed by atoms with Crippen molar-refractivity contribution in [1.82, 2.24) is 15.5 Å². The molecular weight excluding hydrogens is 326 g/mol. The summed E-state index contributed by atoms with van der Waals surface area (Å²) in [7, 11) is 1.60. The van der Waals surface area contributed by atoms with Crippen LogP contribution in [0.4, 0.5) is 0 Å². The van der Waals surface area contributed by atoms with Gasteiger partial charge in [-0.3, -0.25) is 9.59 Å². The standard InChI is InChI=1S/C17H21N3O5/c1-24-13-9-7-12(8-10-13)17-19-15(25-20-17)5-2-4-14(21)18-11-3-6-16(22)23/h7-10H,2-6,11H2,1H3,(H,18,21)(H,22,23). The summed E-state index contributed by atoms with van der Waals surface area (Å²) in [5, 5.41) is 15.1. The minimum Gasteiger partial charge on any atom is -0.497 e. The molecule has 0 saturated heterocycles. The summed E-state index contributed by atoms with van der Waals surface area (Å²) < 4.78 is 10.3. The Balaban J connectivity index is 1.72. The molecule has 0 aliphatic rings. The van der Waals surface area contributed by atoms with Crippen LogP contribution >= 0.6 is 0 Å². The van der Waals surface area contributed by atoms with E-state index in [2.05, 4.69) is 15.5 Å². The van der Waals surface area contributed by atoms with Crippen molar-refractivity contribution in [3.63, 3.8) is 0 Å². The zero-order valence-corrected chi connectivity index (χ0v) is 14.0. The zero-order valence-electron chi connectivity index (χ0n) is 14.0. The number of rotatable bonds is 10. The van der Waals surface area contributed by atoms with Gasteiger partial charge in [0.15, 0.2) is 0 Å². The zero-order chi connectivity index (χ0) is 18.1. The Kier molecular flexibility index (Phi) is 6.94. The van der Waals surface area contributed by atoms with Crippen LogP contribution in [0.3, 0.4) is 0 Å². The molecule has 0 unspecified atom stereocenters. The maximum atomic E-state index is 11.6. The monoisotopic (exact) mass is 347 g/mol. The summed E-state index contributed by atoms with van der Waals surface area (Å²) in [6.45, 7) is 0.368. The summed E-state index contributed by atoms with van der Waals surface area (Å²) in [5.41, 5.74) is 0.826. The first-order chi connectivity index (χ1) is 12.1. The van der Waals surface area contributed by atoms with Gasteiger partial charge in [-0.15, -0.1) is 0 Å². The lowest BCUT2D eigenvalue weighted by Gasteiger charge is -2.02. The molecule has 0 bridgehead atoms. The molecule has 0 saturated carbocycles. The highest BCUT2D eigenvalue weighted by Crippen LogP contribution is 2.20. The van der Waals surface area contributed by atoms with Crippen LogP contribution in [0.5, 0.6) is 5.75 Å². The summed E-state index contributed by atoms with van der Waals surface area (Å²) in [6.07, 6.45) is 1.89. The molecule has 2 N–H and O–H groups in total. The molecule has 2 rings (SSSR count). The second-order valence-corrected chi connectivity index (χ2v) is 5.44. The lowest BCUT2D eigenvalue weighted by atomic mass is 10.2. The van der Waals surface area contributed by atoms with E-state index in [4.69, 9.17) is 14.4 Å². The van der Waals surface area contributed by atoms with E-state index in [-0.39, 0.29) is 12.3 Å². The van der Waals surface area contributed by atoms with Crippen molar-refractivity contribution in [3.8, 4) is 17.1 Å². The van der Waals surface area contributed by atoms with Crippen LogP contribution in [0.2, 0.25) is 0 Å². The number of carbonyl (C=O) groups is 2. The van der Waals surface area contributed by atoms with Gasteiger partial charge in [0.25, 0.3) is 0 Å². The van der Waals surface area contributed by atoms with Gasteiger partial charge >= 0.3 is 5.97 Å². The largest absolute Gasteiger partial charge is 0.497 e. The third-order valence-electron chi connectivity index (χ3n) is 3.50. The van der Waals surface area contributed by atoms with Gasteiger partial charge in [-0.2, -0.15) is 4.98 Å². The van der Waals surface area contributed by atoms with Crippen molar-refractivity contribution in [3.05, 3.63) is 30.2 Å². The number of methoxy groups -OCH3 is 1. The van der Waals surface area contributed by atoms with Crippen LogP contribution < -0.4 is 10.1 Å². The smallest absolute Gasteiger partial charge is 0.303 e. The molecule has 1 amide bonds. The minimum atomic E-state index is -0.863. The van der Waals surface area contributed by atoms with E-state index in [0.29, 0.717) is 43.9 Å². The number of aryl methyl sites for hydroxylation is 1. The average Bonchev–Trinajstić information content (AvgIpc) is 3.07. The van der Waals surface area contributed by atoms with Crippen LogP contribution in [-0.2, 0) is 16.0 Å². The lowest BCUT2D eigenvalue weighted by Crippen LogP contribution is -2.24. The van der Waals surface area contributed by atoms with E-state index in [0.717, 1.165) is 11.3 Å². The molecule has 0 fully saturated rings. The number of carbonyl (C=O) groups excluding carboxylic acids is 1. The summed E-state index contributed by atoms with van der Waals surface area (Å²) in [6, 6.07) is 7.33. The summed E-state index contributed by atoms with van der Waals surface area (Å²) in [5.74, 6) is 0.751. The minimum absolute atomic E-state index is 0.0520. The SMILES string of the molecule is COc1ccc(-c2noc(CCCC(=O)NCCCC(=O)O)n2)cc1. The summed E-state index contributed by atoms with van der Waals surface area (Å²) >= 11 is 0. The van der Waals surface area contributed by atoms with E-state index in [1.807, 2.05) is 24.3 Å². The molecule has 0 radical (unpaired) electrons. The number of hydrogen-bond acceptors (Lipinski definition) is 6. The van der Waals surface area contributed by atoms with E-state index in [1.165, 1.54) is 0 Å². The number of hydrogen-bond donors (Lipinski definition) is 2. The van der Waals surface area contributed by atoms with Crippen molar-refractivity contribution in [2.24, 2.45) is 0 Å². The van der Waals surface area contributed by atoms with Crippen molar-refractivity contribution in [1.29, 1.82) is 0 Å².